The third kappa shape index (κ3) is 4.85. The topological polar surface area (TPSA) is 30.2 Å². The summed E-state index contributed by atoms with van der Waals surface area (Å²) in [6.07, 6.45) is 8.65. The molecule has 3 aromatic rings. The minimum absolute atomic E-state index is 0.241. The summed E-state index contributed by atoms with van der Waals surface area (Å²) < 4.78 is 5.68. The van der Waals surface area contributed by atoms with Crippen LogP contribution in [-0.4, -0.2) is 0 Å². The van der Waals surface area contributed by atoms with E-state index < -0.39 is 0 Å². The van der Waals surface area contributed by atoms with Gasteiger partial charge < -0.3 is 4.42 Å². The molecule has 0 spiro atoms. The molecule has 1 heterocycles. The molecular formula is C25H26O2. The van der Waals surface area contributed by atoms with Crippen molar-refractivity contribution in [3.8, 4) is 0 Å². The van der Waals surface area contributed by atoms with Crippen LogP contribution in [-0.2, 0) is 12.8 Å². The zero-order valence-corrected chi connectivity index (χ0v) is 15.9. The molecule has 2 heteroatoms. The molecule has 0 saturated heterocycles. The SMILES string of the molecule is C=C(C/C=C/c1ccccc1)Cc1c(CCCC)oc(=O)c2ccccc12. The minimum Gasteiger partial charge on any atom is -0.427 e. The van der Waals surface area contributed by atoms with E-state index in [1.54, 1.807) is 0 Å². The molecule has 0 amide bonds. The summed E-state index contributed by atoms with van der Waals surface area (Å²) in [7, 11) is 0. The first-order valence-corrected chi connectivity index (χ1v) is 9.61. The van der Waals surface area contributed by atoms with Crippen LogP contribution >= 0.6 is 0 Å². The van der Waals surface area contributed by atoms with Crippen LogP contribution in [0.3, 0.4) is 0 Å². The zero-order chi connectivity index (χ0) is 19.1. The fourth-order valence-electron chi connectivity index (χ4n) is 3.28. The first-order chi connectivity index (χ1) is 13.2. The maximum absolute atomic E-state index is 12.3. The van der Waals surface area contributed by atoms with Crippen molar-refractivity contribution in [2.45, 2.75) is 39.0 Å². The lowest BCUT2D eigenvalue weighted by Gasteiger charge is -2.12. The third-order valence-electron chi connectivity index (χ3n) is 4.73. The molecule has 3 rings (SSSR count). The molecule has 0 radical (unpaired) electrons. The Kier molecular flexibility index (Phi) is 6.43. The molecular weight excluding hydrogens is 332 g/mol. The molecule has 0 saturated carbocycles. The van der Waals surface area contributed by atoms with Crippen molar-refractivity contribution < 1.29 is 4.42 Å². The summed E-state index contributed by atoms with van der Waals surface area (Å²) in [5.74, 6) is 0.814. The van der Waals surface area contributed by atoms with Gasteiger partial charge in [0.15, 0.2) is 0 Å². The van der Waals surface area contributed by atoms with Gasteiger partial charge in [-0.05, 0) is 36.3 Å². The number of fused-ring (bicyclic) bond motifs is 1. The Hall–Kier alpha value is -2.87. The second-order valence-corrected chi connectivity index (χ2v) is 6.88. The maximum atomic E-state index is 12.3. The summed E-state index contributed by atoms with van der Waals surface area (Å²) in [6.45, 7) is 6.41. The molecule has 0 atom stereocenters. The smallest absolute Gasteiger partial charge is 0.343 e. The first-order valence-electron chi connectivity index (χ1n) is 9.61. The van der Waals surface area contributed by atoms with Crippen molar-refractivity contribution >= 4 is 16.8 Å². The Morgan fingerprint density at radius 2 is 1.74 bits per heavy atom. The number of unbranched alkanes of at least 4 members (excludes halogenated alkanes) is 1. The zero-order valence-electron chi connectivity index (χ0n) is 15.9. The molecule has 0 aliphatic rings. The second kappa shape index (κ2) is 9.18. The monoisotopic (exact) mass is 358 g/mol. The maximum Gasteiger partial charge on any atom is 0.343 e. The highest BCUT2D eigenvalue weighted by Crippen LogP contribution is 2.24. The molecule has 27 heavy (non-hydrogen) atoms. The fraction of sp³-hybridized carbons (Fsp3) is 0.240. The van der Waals surface area contributed by atoms with Gasteiger partial charge in [-0.25, -0.2) is 4.79 Å². The highest BCUT2D eigenvalue weighted by Gasteiger charge is 2.14. The van der Waals surface area contributed by atoms with Gasteiger partial charge >= 0.3 is 5.63 Å². The predicted molar refractivity (Wildman–Crippen MR) is 114 cm³/mol. The van der Waals surface area contributed by atoms with Gasteiger partial charge in [0.05, 0.1) is 5.39 Å². The summed E-state index contributed by atoms with van der Waals surface area (Å²) in [6, 6.07) is 18.0. The van der Waals surface area contributed by atoms with Gasteiger partial charge in [-0.2, -0.15) is 0 Å². The van der Waals surface area contributed by atoms with Crippen LogP contribution in [0.2, 0.25) is 0 Å². The minimum atomic E-state index is -0.241. The van der Waals surface area contributed by atoms with Crippen LogP contribution in [0, 0.1) is 0 Å². The number of aryl methyl sites for hydroxylation is 1. The predicted octanol–water partition coefficient (Wildman–Crippen LogP) is 6.34. The second-order valence-electron chi connectivity index (χ2n) is 6.88. The van der Waals surface area contributed by atoms with Crippen LogP contribution in [0.4, 0.5) is 0 Å². The van der Waals surface area contributed by atoms with Crippen LogP contribution in [0.1, 0.15) is 43.1 Å². The summed E-state index contributed by atoms with van der Waals surface area (Å²) in [5, 5.41) is 1.65. The van der Waals surface area contributed by atoms with Crippen LogP contribution in [0.5, 0.6) is 0 Å². The molecule has 0 unspecified atom stereocenters. The first kappa shape index (κ1) is 18.9. The Balaban J connectivity index is 1.84. The van der Waals surface area contributed by atoms with Crippen molar-refractivity contribution in [2.75, 3.05) is 0 Å². The normalized spacial score (nSPS) is 11.3. The Morgan fingerprint density at radius 3 is 2.48 bits per heavy atom. The number of hydrogen-bond acceptors (Lipinski definition) is 2. The molecule has 0 aliphatic heterocycles. The highest BCUT2D eigenvalue weighted by molar-refractivity contribution is 5.85. The Labute approximate surface area is 160 Å². The lowest BCUT2D eigenvalue weighted by Crippen LogP contribution is -2.08. The van der Waals surface area contributed by atoms with E-state index in [4.69, 9.17) is 4.42 Å². The molecule has 2 nitrogen and oxygen atoms in total. The standard InChI is InChI=1S/C25H26O2/c1-3-4-17-24-23(21-15-8-9-16-22(21)25(26)27-24)18-19(2)11-10-14-20-12-6-5-7-13-20/h5-10,12-16H,2-4,11,17-18H2,1H3/b14-10+. The lowest BCUT2D eigenvalue weighted by atomic mass is 9.96. The van der Waals surface area contributed by atoms with Crippen LogP contribution < -0.4 is 5.63 Å². The summed E-state index contributed by atoms with van der Waals surface area (Å²) >= 11 is 0. The Bertz CT molecular complexity index is 994. The van der Waals surface area contributed by atoms with Crippen LogP contribution in [0.25, 0.3) is 16.8 Å². The van der Waals surface area contributed by atoms with Crippen molar-refractivity contribution in [1.29, 1.82) is 0 Å². The number of rotatable bonds is 8. The highest BCUT2D eigenvalue weighted by atomic mass is 16.4. The molecule has 1 aromatic heterocycles. The van der Waals surface area contributed by atoms with Gasteiger partial charge in [0.1, 0.15) is 5.76 Å². The third-order valence-corrected chi connectivity index (χ3v) is 4.73. The molecule has 0 aliphatic carbocycles. The van der Waals surface area contributed by atoms with Gasteiger partial charge in [0.25, 0.3) is 0 Å². The summed E-state index contributed by atoms with van der Waals surface area (Å²) in [5.41, 5.74) is 3.16. The van der Waals surface area contributed by atoms with Gasteiger partial charge in [-0.3, -0.25) is 0 Å². The number of allylic oxidation sites excluding steroid dienone is 2. The van der Waals surface area contributed by atoms with E-state index in [0.29, 0.717) is 5.39 Å². The molecule has 0 bridgehead atoms. The largest absolute Gasteiger partial charge is 0.427 e. The number of benzene rings is 2. The fourth-order valence-corrected chi connectivity index (χ4v) is 3.28. The number of hydrogen-bond donors (Lipinski definition) is 0. The molecule has 2 aromatic carbocycles. The van der Waals surface area contributed by atoms with E-state index in [1.807, 2.05) is 42.5 Å². The summed E-state index contributed by atoms with van der Waals surface area (Å²) in [4.78, 5) is 12.3. The molecule has 0 fully saturated rings. The van der Waals surface area contributed by atoms with Crippen molar-refractivity contribution in [3.63, 3.8) is 0 Å². The quantitative estimate of drug-likeness (QED) is 0.440. The Morgan fingerprint density at radius 1 is 1.04 bits per heavy atom. The van der Waals surface area contributed by atoms with Crippen LogP contribution in [0.15, 0.2) is 82.0 Å². The van der Waals surface area contributed by atoms with E-state index in [0.717, 1.165) is 54.4 Å². The van der Waals surface area contributed by atoms with E-state index in [-0.39, 0.29) is 5.63 Å². The van der Waals surface area contributed by atoms with E-state index in [2.05, 4.69) is 37.8 Å². The average Bonchev–Trinajstić information content (AvgIpc) is 2.70. The van der Waals surface area contributed by atoms with E-state index in [1.165, 1.54) is 5.56 Å². The van der Waals surface area contributed by atoms with Gasteiger partial charge in [-0.1, -0.05) is 86.2 Å². The lowest BCUT2D eigenvalue weighted by molar-refractivity contribution is 0.454. The van der Waals surface area contributed by atoms with Gasteiger partial charge in [0.2, 0.25) is 0 Å². The van der Waals surface area contributed by atoms with Gasteiger partial charge in [0, 0.05) is 12.0 Å². The molecule has 0 N–H and O–H groups in total. The van der Waals surface area contributed by atoms with Crippen molar-refractivity contribution in [1.82, 2.24) is 0 Å². The van der Waals surface area contributed by atoms with Crippen molar-refractivity contribution in [3.05, 3.63) is 100 Å². The average molecular weight is 358 g/mol. The van der Waals surface area contributed by atoms with Gasteiger partial charge in [-0.15, -0.1) is 0 Å². The van der Waals surface area contributed by atoms with E-state index >= 15 is 0 Å². The van der Waals surface area contributed by atoms with E-state index in [9.17, 15) is 4.79 Å². The molecule has 138 valence electrons. The van der Waals surface area contributed by atoms with Crippen molar-refractivity contribution in [2.24, 2.45) is 0 Å².